The largest absolute Gasteiger partial charge is 0.327 e. The molecule has 16 heavy (non-hydrogen) atoms. The van der Waals surface area contributed by atoms with Crippen molar-refractivity contribution in [3.8, 4) is 0 Å². The number of carbonyl (C=O) groups excluding carboxylic acids is 1. The van der Waals surface area contributed by atoms with E-state index >= 15 is 0 Å². The Labute approximate surface area is 97.9 Å². The smallest absolute Gasteiger partial charge is 0.248 e. The van der Waals surface area contributed by atoms with E-state index in [1.807, 2.05) is 20.8 Å². The van der Waals surface area contributed by atoms with Crippen LogP contribution >= 0.6 is 0 Å². The van der Waals surface area contributed by atoms with Crippen molar-refractivity contribution < 1.29 is 9.63 Å². The Morgan fingerprint density at radius 1 is 1.25 bits per heavy atom. The molecule has 4 nitrogen and oxygen atoms in total. The summed E-state index contributed by atoms with van der Waals surface area (Å²) in [7, 11) is 0. The summed E-state index contributed by atoms with van der Waals surface area (Å²) in [6.07, 6.45) is 5.21. The van der Waals surface area contributed by atoms with Crippen molar-refractivity contribution in [3.05, 3.63) is 0 Å². The fourth-order valence-electron chi connectivity index (χ4n) is 1.94. The Morgan fingerprint density at radius 2 is 1.88 bits per heavy atom. The van der Waals surface area contributed by atoms with E-state index in [1.54, 1.807) is 0 Å². The molecule has 1 aliphatic carbocycles. The van der Waals surface area contributed by atoms with Crippen LogP contribution in [0.5, 0.6) is 0 Å². The van der Waals surface area contributed by atoms with Gasteiger partial charge < -0.3 is 5.73 Å². The van der Waals surface area contributed by atoms with Crippen LogP contribution in [0, 0.1) is 5.92 Å². The lowest BCUT2D eigenvalue weighted by Gasteiger charge is -2.24. The first-order valence-electron chi connectivity index (χ1n) is 6.13. The van der Waals surface area contributed by atoms with E-state index in [0.29, 0.717) is 0 Å². The molecule has 1 aliphatic rings. The van der Waals surface area contributed by atoms with Crippen molar-refractivity contribution >= 4 is 5.91 Å². The number of carbonyl (C=O) groups is 1. The van der Waals surface area contributed by atoms with E-state index < -0.39 is 0 Å². The second-order valence-electron chi connectivity index (χ2n) is 5.59. The van der Waals surface area contributed by atoms with Gasteiger partial charge in [0.1, 0.15) is 0 Å². The maximum atomic E-state index is 11.9. The van der Waals surface area contributed by atoms with Gasteiger partial charge in [0, 0.05) is 6.04 Å². The van der Waals surface area contributed by atoms with E-state index in [2.05, 4.69) is 5.48 Å². The highest BCUT2D eigenvalue weighted by atomic mass is 16.7. The van der Waals surface area contributed by atoms with Crippen LogP contribution in [0.25, 0.3) is 0 Å². The van der Waals surface area contributed by atoms with E-state index in [-0.39, 0.29) is 23.5 Å². The first-order valence-corrected chi connectivity index (χ1v) is 6.13. The molecule has 4 heteroatoms. The monoisotopic (exact) mass is 228 g/mol. The molecule has 0 aliphatic heterocycles. The summed E-state index contributed by atoms with van der Waals surface area (Å²) < 4.78 is 0. The maximum Gasteiger partial charge on any atom is 0.248 e. The van der Waals surface area contributed by atoms with Crippen molar-refractivity contribution in [2.24, 2.45) is 11.7 Å². The van der Waals surface area contributed by atoms with E-state index in [4.69, 9.17) is 10.6 Å². The molecule has 0 radical (unpaired) electrons. The van der Waals surface area contributed by atoms with Gasteiger partial charge in [-0.05, 0) is 33.6 Å². The Kier molecular flexibility index (Phi) is 4.74. The molecule has 0 saturated heterocycles. The number of hydrogen-bond acceptors (Lipinski definition) is 3. The Balaban J connectivity index is 2.45. The Bertz CT molecular complexity index is 236. The van der Waals surface area contributed by atoms with E-state index in [0.717, 1.165) is 25.7 Å². The van der Waals surface area contributed by atoms with E-state index in [1.165, 1.54) is 6.42 Å². The average Bonchev–Trinajstić information content (AvgIpc) is 2.38. The van der Waals surface area contributed by atoms with Crippen molar-refractivity contribution in [2.75, 3.05) is 0 Å². The summed E-state index contributed by atoms with van der Waals surface area (Å²) in [5.41, 5.74) is 8.18. The summed E-state index contributed by atoms with van der Waals surface area (Å²) >= 11 is 0. The van der Waals surface area contributed by atoms with Gasteiger partial charge in [-0.1, -0.05) is 19.3 Å². The molecule has 0 aromatic heterocycles. The minimum absolute atomic E-state index is 0.0222. The van der Waals surface area contributed by atoms with Crippen LogP contribution in [0.4, 0.5) is 0 Å². The number of amides is 1. The minimum atomic E-state index is -0.357. The van der Waals surface area contributed by atoms with Gasteiger partial charge in [-0.25, -0.2) is 5.48 Å². The molecule has 0 heterocycles. The molecule has 1 fully saturated rings. The Hall–Kier alpha value is -0.610. The molecule has 0 aromatic rings. The quantitative estimate of drug-likeness (QED) is 0.559. The van der Waals surface area contributed by atoms with Crippen LogP contribution in [-0.2, 0) is 9.63 Å². The number of hydrogen-bond donors (Lipinski definition) is 2. The molecular weight excluding hydrogens is 204 g/mol. The van der Waals surface area contributed by atoms with Crippen molar-refractivity contribution in [2.45, 2.75) is 64.5 Å². The predicted molar refractivity (Wildman–Crippen MR) is 63.5 cm³/mol. The normalized spacial score (nSPS) is 27.2. The minimum Gasteiger partial charge on any atom is -0.327 e. The third kappa shape index (κ3) is 4.49. The lowest BCUT2D eigenvalue weighted by molar-refractivity contribution is -0.150. The second-order valence-corrected chi connectivity index (χ2v) is 5.59. The fourth-order valence-corrected chi connectivity index (χ4v) is 1.94. The topological polar surface area (TPSA) is 64.3 Å². The van der Waals surface area contributed by atoms with E-state index in [9.17, 15) is 4.79 Å². The number of nitrogens with one attached hydrogen (secondary N) is 1. The molecule has 0 spiro atoms. The van der Waals surface area contributed by atoms with Crippen molar-refractivity contribution in [3.63, 3.8) is 0 Å². The highest BCUT2D eigenvalue weighted by Gasteiger charge is 2.28. The average molecular weight is 228 g/mol. The molecule has 0 bridgehead atoms. The van der Waals surface area contributed by atoms with Gasteiger partial charge in [0.15, 0.2) is 0 Å². The summed E-state index contributed by atoms with van der Waals surface area (Å²) in [6, 6.07) is -0.0222. The molecule has 1 saturated carbocycles. The second kappa shape index (κ2) is 5.64. The van der Waals surface area contributed by atoms with Crippen LogP contribution in [0.3, 0.4) is 0 Å². The third-order valence-electron chi connectivity index (χ3n) is 2.86. The SMILES string of the molecule is CC(C)(C)ONC(=O)C1CCCCCC1N. The molecule has 2 unspecified atom stereocenters. The molecule has 0 aromatic carbocycles. The van der Waals surface area contributed by atoms with Crippen LogP contribution in [-0.4, -0.2) is 17.6 Å². The zero-order valence-corrected chi connectivity index (χ0v) is 10.6. The van der Waals surface area contributed by atoms with Crippen molar-refractivity contribution in [1.82, 2.24) is 5.48 Å². The van der Waals surface area contributed by atoms with Crippen LogP contribution in [0.15, 0.2) is 0 Å². The molecule has 94 valence electrons. The summed E-state index contributed by atoms with van der Waals surface area (Å²) in [6.45, 7) is 5.71. The van der Waals surface area contributed by atoms with Gasteiger partial charge in [-0.3, -0.25) is 9.63 Å². The molecular formula is C12H24N2O2. The van der Waals surface area contributed by atoms with Gasteiger partial charge in [0.25, 0.3) is 0 Å². The predicted octanol–water partition coefficient (Wildman–Crippen LogP) is 1.74. The first kappa shape index (κ1) is 13.5. The van der Waals surface area contributed by atoms with Gasteiger partial charge >= 0.3 is 0 Å². The molecule has 3 N–H and O–H groups in total. The lowest BCUT2D eigenvalue weighted by Crippen LogP contribution is -2.43. The Morgan fingerprint density at radius 3 is 2.50 bits per heavy atom. The summed E-state index contributed by atoms with van der Waals surface area (Å²) in [4.78, 5) is 17.2. The number of rotatable bonds is 2. The highest BCUT2D eigenvalue weighted by Crippen LogP contribution is 2.22. The lowest BCUT2D eigenvalue weighted by atomic mass is 9.95. The third-order valence-corrected chi connectivity index (χ3v) is 2.86. The summed E-state index contributed by atoms with van der Waals surface area (Å²) in [5.74, 6) is -0.158. The van der Waals surface area contributed by atoms with Gasteiger partial charge in [-0.15, -0.1) is 0 Å². The summed E-state index contributed by atoms with van der Waals surface area (Å²) in [5, 5.41) is 0. The maximum absolute atomic E-state index is 11.9. The van der Waals surface area contributed by atoms with Gasteiger partial charge in [0.05, 0.1) is 11.5 Å². The highest BCUT2D eigenvalue weighted by molar-refractivity contribution is 5.78. The zero-order chi connectivity index (χ0) is 12.2. The fraction of sp³-hybridized carbons (Fsp3) is 0.917. The van der Waals surface area contributed by atoms with Crippen molar-refractivity contribution in [1.29, 1.82) is 0 Å². The van der Waals surface area contributed by atoms with Crippen LogP contribution in [0.2, 0.25) is 0 Å². The number of hydroxylamine groups is 1. The van der Waals surface area contributed by atoms with Crippen LogP contribution < -0.4 is 11.2 Å². The molecule has 1 amide bonds. The standard InChI is InChI=1S/C12H24N2O2/c1-12(2,3)16-14-11(15)9-7-5-4-6-8-10(9)13/h9-10H,4-8,13H2,1-3H3,(H,14,15). The molecule has 2 atom stereocenters. The number of nitrogens with two attached hydrogens (primary N) is 1. The molecule has 1 rings (SSSR count). The van der Waals surface area contributed by atoms with Gasteiger partial charge in [0.2, 0.25) is 5.91 Å². The van der Waals surface area contributed by atoms with Crippen LogP contribution in [0.1, 0.15) is 52.9 Å². The van der Waals surface area contributed by atoms with Gasteiger partial charge in [-0.2, -0.15) is 0 Å². The zero-order valence-electron chi connectivity index (χ0n) is 10.6. The first-order chi connectivity index (χ1) is 7.40.